The van der Waals surface area contributed by atoms with Crippen LogP contribution in [-0.4, -0.2) is 37.2 Å². The first-order valence-electron chi connectivity index (χ1n) is 33.8. The van der Waals surface area contributed by atoms with Gasteiger partial charge in [0.15, 0.2) is 6.10 Å². The molecule has 0 heterocycles. The van der Waals surface area contributed by atoms with E-state index >= 15 is 0 Å². The molecule has 464 valence electrons. The molecule has 0 fully saturated rings. The normalized spacial score (nSPS) is 13.1. The van der Waals surface area contributed by atoms with Crippen LogP contribution in [0.15, 0.2) is 146 Å². The third kappa shape index (κ3) is 66.1. The van der Waals surface area contributed by atoms with E-state index in [0.717, 1.165) is 128 Å². The smallest absolute Gasteiger partial charge is 0.306 e. The quantitative estimate of drug-likeness (QED) is 0.0261. The van der Waals surface area contributed by atoms with E-state index in [1.54, 1.807) is 0 Å². The minimum absolute atomic E-state index is 0.108. The summed E-state index contributed by atoms with van der Waals surface area (Å²) in [5.74, 6) is -1.00. The van der Waals surface area contributed by atoms with Crippen molar-refractivity contribution in [1.29, 1.82) is 0 Å². The van der Waals surface area contributed by atoms with E-state index in [4.69, 9.17) is 14.2 Å². The van der Waals surface area contributed by atoms with Gasteiger partial charge in [-0.15, -0.1) is 0 Å². The summed E-state index contributed by atoms with van der Waals surface area (Å²) >= 11 is 0. The lowest BCUT2D eigenvalue weighted by molar-refractivity contribution is -0.166. The Hall–Kier alpha value is -4.71. The van der Waals surface area contributed by atoms with Crippen LogP contribution in [0.2, 0.25) is 0 Å². The molecule has 0 aromatic carbocycles. The molecule has 0 aliphatic rings. The number of allylic oxidation sites excluding steroid dienone is 24. The van der Waals surface area contributed by atoms with Gasteiger partial charge in [-0.3, -0.25) is 14.4 Å². The molecule has 1 unspecified atom stereocenters. The number of hydrogen-bond donors (Lipinski definition) is 0. The first-order chi connectivity index (χ1) is 40.5. The maximum absolute atomic E-state index is 12.9. The number of hydrogen-bond acceptors (Lipinski definition) is 6. The van der Waals surface area contributed by atoms with Gasteiger partial charge in [-0.1, -0.05) is 295 Å². The van der Waals surface area contributed by atoms with Crippen LogP contribution >= 0.6 is 0 Å². The summed E-state index contributed by atoms with van der Waals surface area (Å²) in [5, 5.41) is 0. The van der Waals surface area contributed by atoms with Crippen molar-refractivity contribution >= 4 is 17.9 Å². The van der Waals surface area contributed by atoms with E-state index < -0.39 is 6.10 Å². The molecule has 0 aromatic heterocycles. The Labute approximate surface area is 506 Å². The predicted molar refractivity (Wildman–Crippen MR) is 357 cm³/mol. The molecule has 1 atom stereocenters. The van der Waals surface area contributed by atoms with Gasteiger partial charge in [-0.25, -0.2) is 0 Å². The Kier molecular flexibility index (Phi) is 64.8. The number of rotatable bonds is 60. The van der Waals surface area contributed by atoms with Gasteiger partial charge in [0, 0.05) is 19.3 Å². The van der Waals surface area contributed by atoms with Gasteiger partial charge < -0.3 is 14.2 Å². The topological polar surface area (TPSA) is 78.9 Å². The molecule has 0 amide bonds. The third-order valence-electron chi connectivity index (χ3n) is 14.1. The molecule has 0 aliphatic carbocycles. The fourth-order valence-corrected chi connectivity index (χ4v) is 9.08. The van der Waals surface area contributed by atoms with Gasteiger partial charge in [0.05, 0.1) is 0 Å². The lowest BCUT2D eigenvalue weighted by Crippen LogP contribution is -2.30. The van der Waals surface area contributed by atoms with E-state index in [-0.39, 0.29) is 37.5 Å². The number of unbranched alkanes of at least 4 members (excludes halogenated alkanes) is 25. The Bertz CT molecular complexity index is 1780. The molecule has 0 radical (unpaired) electrons. The van der Waals surface area contributed by atoms with Crippen LogP contribution in [0.4, 0.5) is 0 Å². The van der Waals surface area contributed by atoms with Crippen molar-refractivity contribution in [2.45, 2.75) is 303 Å². The molecular formula is C76H124O6. The highest BCUT2D eigenvalue weighted by molar-refractivity contribution is 5.71. The molecule has 0 aliphatic heterocycles. The molecular weight excluding hydrogens is 1010 g/mol. The zero-order chi connectivity index (χ0) is 59.2. The summed E-state index contributed by atoms with van der Waals surface area (Å²) in [6, 6.07) is 0. The highest BCUT2D eigenvalue weighted by Crippen LogP contribution is 2.16. The van der Waals surface area contributed by atoms with Crippen LogP contribution in [-0.2, 0) is 28.6 Å². The van der Waals surface area contributed by atoms with Gasteiger partial charge in [0.25, 0.3) is 0 Å². The zero-order valence-corrected chi connectivity index (χ0v) is 53.2. The van der Waals surface area contributed by atoms with Gasteiger partial charge in [-0.05, 0) is 128 Å². The van der Waals surface area contributed by atoms with Gasteiger partial charge >= 0.3 is 17.9 Å². The van der Waals surface area contributed by atoms with Crippen molar-refractivity contribution in [2.24, 2.45) is 0 Å². The first-order valence-corrected chi connectivity index (χ1v) is 33.8. The Morgan fingerprint density at radius 1 is 0.256 bits per heavy atom. The lowest BCUT2D eigenvalue weighted by Gasteiger charge is -2.18. The molecule has 0 spiro atoms. The highest BCUT2D eigenvalue weighted by Gasteiger charge is 2.19. The molecule has 0 N–H and O–H groups in total. The molecule has 0 bridgehead atoms. The monoisotopic (exact) mass is 1130 g/mol. The van der Waals surface area contributed by atoms with Crippen LogP contribution in [0.1, 0.15) is 297 Å². The van der Waals surface area contributed by atoms with Crippen LogP contribution in [0.3, 0.4) is 0 Å². The average molecular weight is 1130 g/mol. The van der Waals surface area contributed by atoms with Crippen LogP contribution in [0.5, 0.6) is 0 Å². The van der Waals surface area contributed by atoms with Crippen molar-refractivity contribution in [1.82, 2.24) is 0 Å². The van der Waals surface area contributed by atoms with Gasteiger partial charge in [0.2, 0.25) is 0 Å². The summed E-state index contributed by atoms with van der Waals surface area (Å²) in [6.45, 7) is 6.32. The van der Waals surface area contributed by atoms with E-state index in [2.05, 4.69) is 161 Å². The molecule has 82 heavy (non-hydrogen) atoms. The Morgan fingerprint density at radius 3 is 0.817 bits per heavy atom. The maximum Gasteiger partial charge on any atom is 0.306 e. The fraction of sp³-hybridized carbons (Fsp3) is 0.645. The number of esters is 3. The second-order valence-electron chi connectivity index (χ2n) is 22.0. The standard InChI is InChI=1S/C76H124O6/c1-4-7-10-13-16-19-22-25-27-29-30-31-32-33-34-35-36-37-38-39-40-41-42-43-44-45-46-47-49-51-54-57-60-63-66-69-75(78)81-72-73(71-80-74(77)68-65-62-59-56-53-50-24-21-18-15-12-9-6-3)82-76(79)70-67-64-61-58-55-52-48-28-26-23-20-17-14-11-8-5-2/h7,9-10,12,16,18-21,23,25,27-28,30-31,33-34,36-37,48,50,53,59,62,73H,4-6,8,11,13-15,17,22,24,26,29,32,35,38-47,49,51-52,54-58,60-61,63-72H2,1-3H3/b10-7-,12-9-,19-16-,21-18-,23-20-,27-25-,31-30-,34-33-,37-36-,48-28-,53-50-,62-59-. The largest absolute Gasteiger partial charge is 0.462 e. The van der Waals surface area contributed by atoms with Crippen LogP contribution in [0, 0.1) is 0 Å². The Morgan fingerprint density at radius 2 is 0.500 bits per heavy atom. The summed E-state index contributed by atoms with van der Waals surface area (Å²) < 4.78 is 16.8. The summed E-state index contributed by atoms with van der Waals surface area (Å²) in [4.78, 5) is 38.2. The number of carbonyl (C=O) groups excluding carboxylic acids is 3. The van der Waals surface area contributed by atoms with Crippen molar-refractivity contribution in [3.8, 4) is 0 Å². The van der Waals surface area contributed by atoms with Crippen molar-refractivity contribution in [3.05, 3.63) is 146 Å². The molecule has 6 heteroatoms. The minimum Gasteiger partial charge on any atom is -0.462 e. The number of carbonyl (C=O) groups is 3. The van der Waals surface area contributed by atoms with E-state index in [9.17, 15) is 14.4 Å². The highest BCUT2D eigenvalue weighted by atomic mass is 16.6. The summed E-state index contributed by atoms with van der Waals surface area (Å²) in [7, 11) is 0. The summed E-state index contributed by atoms with van der Waals surface area (Å²) in [5.41, 5.74) is 0. The predicted octanol–water partition coefficient (Wildman–Crippen LogP) is 23.5. The lowest BCUT2D eigenvalue weighted by atomic mass is 10.0. The molecule has 0 saturated heterocycles. The van der Waals surface area contributed by atoms with E-state index in [1.807, 2.05) is 6.08 Å². The molecule has 6 nitrogen and oxygen atoms in total. The van der Waals surface area contributed by atoms with Gasteiger partial charge in [-0.2, -0.15) is 0 Å². The fourth-order valence-electron chi connectivity index (χ4n) is 9.08. The van der Waals surface area contributed by atoms with E-state index in [1.165, 1.54) is 122 Å². The SMILES string of the molecule is CC/C=C\C/C=C\C/C=C\C/C=C\C/C=C\C/C=C\CCCCCCCCCCCCCCCCCCC(=O)OCC(COC(=O)CC/C=C\C/C=C\C/C=C\C/C=C\CC)OC(=O)CCCCCCC/C=C\C/C=C\CCCCCC. The van der Waals surface area contributed by atoms with Crippen molar-refractivity contribution in [3.63, 3.8) is 0 Å². The van der Waals surface area contributed by atoms with E-state index in [0.29, 0.717) is 19.3 Å². The molecule has 0 saturated carbocycles. The Balaban J connectivity index is 4.21. The third-order valence-corrected chi connectivity index (χ3v) is 14.1. The van der Waals surface area contributed by atoms with Crippen LogP contribution in [0.25, 0.3) is 0 Å². The first kappa shape index (κ1) is 77.3. The van der Waals surface area contributed by atoms with Crippen molar-refractivity contribution in [2.75, 3.05) is 13.2 Å². The zero-order valence-electron chi connectivity index (χ0n) is 53.2. The molecule has 0 aromatic rings. The maximum atomic E-state index is 12.9. The minimum atomic E-state index is -0.818. The average Bonchev–Trinajstić information content (AvgIpc) is 3.47. The van der Waals surface area contributed by atoms with Gasteiger partial charge in [0.1, 0.15) is 13.2 Å². The second-order valence-corrected chi connectivity index (χ2v) is 22.0. The van der Waals surface area contributed by atoms with Crippen LogP contribution < -0.4 is 0 Å². The number of ether oxygens (including phenoxy) is 3. The van der Waals surface area contributed by atoms with Crippen molar-refractivity contribution < 1.29 is 28.6 Å². The summed E-state index contributed by atoms with van der Waals surface area (Å²) in [6.07, 6.45) is 98.9. The second kappa shape index (κ2) is 68.8. The molecule has 0 rings (SSSR count).